The van der Waals surface area contributed by atoms with Crippen molar-refractivity contribution in [1.82, 2.24) is 4.98 Å². The Morgan fingerprint density at radius 2 is 1.86 bits per heavy atom. The monoisotopic (exact) mass is 294 g/mol. The number of carbonyl (C=O) groups excluding carboxylic acids is 1. The molecule has 0 amide bonds. The predicted molar refractivity (Wildman–Crippen MR) is 77.4 cm³/mol. The number of aliphatic imine (C=N–C) groups is 1. The van der Waals surface area contributed by atoms with Gasteiger partial charge < -0.3 is 14.2 Å². The molecular formula is C16H10N2O4. The number of rotatable bonds is 2. The van der Waals surface area contributed by atoms with Crippen LogP contribution in [0.5, 0.6) is 11.5 Å². The molecule has 0 saturated heterocycles. The second-order valence-corrected chi connectivity index (χ2v) is 4.68. The number of benzene rings is 1. The van der Waals surface area contributed by atoms with Crippen molar-refractivity contribution in [3.8, 4) is 11.5 Å². The first-order chi connectivity index (χ1) is 10.8. The maximum atomic E-state index is 11.9. The van der Waals surface area contributed by atoms with E-state index in [0.717, 1.165) is 5.56 Å². The summed E-state index contributed by atoms with van der Waals surface area (Å²) >= 11 is 0. The number of carbonyl (C=O) groups is 1. The van der Waals surface area contributed by atoms with Crippen LogP contribution in [0.4, 0.5) is 0 Å². The minimum atomic E-state index is -0.482. The van der Waals surface area contributed by atoms with E-state index in [1.807, 2.05) is 6.07 Å². The second-order valence-electron chi connectivity index (χ2n) is 4.68. The molecule has 0 atom stereocenters. The van der Waals surface area contributed by atoms with Crippen molar-refractivity contribution >= 4 is 17.9 Å². The average Bonchev–Trinajstić information content (AvgIpc) is 3.15. The van der Waals surface area contributed by atoms with Gasteiger partial charge in [0.2, 0.25) is 12.7 Å². The zero-order chi connectivity index (χ0) is 14.9. The number of pyridine rings is 1. The van der Waals surface area contributed by atoms with Gasteiger partial charge in [-0.05, 0) is 35.9 Å². The fourth-order valence-corrected chi connectivity index (χ4v) is 2.19. The normalized spacial score (nSPS) is 17.5. The lowest BCUT2D eigenvalue weighted by Gasteiger charge is -1.98. The first-order valence-electron chi connectivity index (χ1n) is 6.62. The summed E-state index contributed by atoms with van der Waals surface area (Å²) < 4.78 is 15.7. The van der Waals surface area contributed by atoms with Gasteiger partial charge >= 0.3 is 5.97 Å². The van der Waals surface area contributed by atoms with Crippen LogP contribution in [-0.4, -0.2) is 23.6 Å². The lowest BCUT2D eigenvalue weighted by Crippen LogP contribution is -2.05. The molecule has 108 valence electrons. The zero-order valence-corrected chi connectivity index (χ0v) is 11.4. The van der Waals surface area contributed by atoms with Gasteiger partial charge in [-0.15, -0.1) is 0 Å². The molecular weight excluding hydrogens is 284 g/mol. The Morgan fingerprint density at radius 3 is 2.73 bits per heavy atom. The zero-order valence-electron chi connectivity index (χ0n) is 11.4. The van der Waals surface area contributed by atoms with Gasteiger partial charge in [-0.1, -0.05) is 6.07 Å². The number of esters is 1. The van der Waals surface area contributed by atoms with Crippen LogP contribution in [-0.2, 0) is 9.53 Å². The maximum Gasteiger partial charge on any atom is 0.363 e. The van der Waals surface area contributed by atoms with E-state index in [0.29, 0.717) is 17.1 Å². The molecule has 0 fully saturated rings. The van der Waals surface area contributed by atoms with Gasteiger partial charge in [0.05, 0.1) is 0 Å². The van der Waals surface area contributed by atoms with Crippen LogP contribution in [0.2, 0.25) is 0 Å². The van der Waals surface area contributed by atoms with E-state index in [9.17, 15) is 4.79 Å². The molecule has 2 aliphatic heterocycles. The molecule has 6 heteroatoms. The molecule has 0 spiro atoms. The highest BCUT2D eigenvalue weighted by Crippen LogP contribution is 2.33. The molecule has 0 bridgehead atoms. The van der Waals surface area contributed by atoms with Crippen molar-refractivity contribution in [1.29, 1.82) is 0 Å². The van der Waals surface area contributed by atoms with Crippen molar-refractivity contribution in [2.24, 2.45) is 4.99 Å². The molecule has 0 radical (unpaired) electrons. The van der Waals surface area contributed by atoms with Crippen molar-refractivity contribution in [2.75, 3.05) is 6.79 Å². The van der Waals surface area contributed by atoms with Gasteiger partial charge in [0.15, 0.2) is 17.2 Å². The Kier molecular flexibility index (Phi) is 2.86. The third kappa shape index (κ3) is 2.20. The van der Waals surface area contributed by atoms with Crippen LogP contribution in [0.1, 0.15) is 11.1 Å². The highest BCUT2D eigenvalue weighted by molar-refractivity contribution is 6.12. The fourth-order valence-electron chi connectivity index (χ4n) is 2.19. The summed E-state index contributed by atoms with van der Waals surface area (Å²) in [6.45, 7) is 0.210. The fraction of sp³-hybridized carbons (Fsp3) is 0.0625. The summed E-state index contributed by atoms with van der Waals surface area (Å²) in [5, 5.41) is 0. The Morgan fingerprint density at radius 1 is 1.05 bits per heavy atom. The van der Waals surface area contributed by atoms with Crippen molar-refractivity contribution < 1.29 is 19.0 Å². The summed E-state index contributed by atoms with van der Waals surface area (Å²) in [5.41, 5.74) is 1.74. The maximum absolute atomic E-state index is 11.9. The summed E-state index contributed by atoms with van der Waals surface area (Å²) in [6, 6.07) is 8.88. The van der Waals surface area contributed by atoms with Gasteiger partial charge in [-0.3, -0.25) is 4.98 Å². The van der Waals surface area contributed by atoms with E-state index in [1.165, 1.54) is 0 Å². The topological polar surface area (TPSA) is 70.0 Å². The first-order valence-corrected chi connectivity index (χ1v) is 6.62. The summed E-state index contributed by atoms with van der Waals surface area (Å²) in [4.78, 5) is 20.1. The van der Waals surface area contributed by atoms with Crippen molar-refractivity contribution in [3.63, 3.8) is 0 Å². The minimum Gasteiger partial charge on any atom is -0.454 e. The number of ether oxygens (including phenoxy) is 3. The average molecular weight is 294 g/mol. The van der Waals surface area contributed by atoms with Gasteiger partial charge in [0, 0.05) is 18.0 Å². The minimum absolute atomic E-state index is 0.210. The number of aromatic nitrogens is 1. The molecule has 2 aliphatic rings. The molecule has 6 nitrogen and oxygen atoms in total. The molecule has 0 N–H and O–H groups in total. The molecule has 0 unspecified atom stereocenters. The number of hydrogen-bond donors (Lipinski definition) is 0. The lowest BCUT2D eigenvalue weighted by atomic mass is 10.1. The van der Waals surface area contributed by atoms with E-state index in [2.05, 4.69) is 9.98 Å². The Balaban J connectivity index is 1.67. The molecule has 0 saturated carbocycles. The smallest absolute Gasteiger partial charge is 0.363 e. The second kappa shape index (κ2) is 5.00. The highest BCUT2D eigenvalue weighted by atomic mass is 16.7. The van der Waals surface area contributed by atoms with Crippen LogP contribution in [0.3, 0.4) is 0 Å². The molecule has 4 rings (SSSR count). The largest absolute Gasteiger partial charge is 0.454 e. The SMILES string of the molecule is O=C1OC(c2ccncc2)=NC1=Cc1ccc2c(c1)OCO2. The molecule has 22 heavy (non-hydrogen) atoms. The Hall–Kier alpha value is -3.15. The summed E-state index contributed by atoms with van der Waals surface area (Å²) in [5.74, 6) is 1.14. The van der Waals surface area contributed by atoms with Gasteiger partial charge in [-0.25, -0.2) is 9.79 Å². The van der Waals surface area contributed by atoms with E-state index < -0.39 is 5.97 Å². The van der Waals surface area contributed by atoms with Crippen LogP contribution < -0.4 is 9.47 Å². The summed E-state index contributed by atoms with van der Waals surface area (Å²) in [6.07, 6.45) is 4.88. The molecule has 1 aromatic heterocycles. The van der Waals surface area contributed by atoms with Gasteiger partial charge in [0.1, 0.15) is 0 Å². The third-order valence-electron chi connectivity index (χ3n) is 3.25. The van der Waals surface area contributed by atoms with Crippen molar-refractivity contribution in [3.05, 3.63) is 59.5 Å². The van der Waals surface area contributed by atoms with Crippen molar-refractivity contribution in [2.45, 2.75) is 0 Å². The summed E-state index contributed by atoms with van der Waals surface area (Å²) in [7, 11) is 0. The first kappa shape index (κ1) is 12.6. The number of fused-ring (bicyclic) bond motifs is 1. The van der Waals surface area contributed by atoms with Crippen LogP contribution >= 0.6 is 0 Å². The highest BCUT2D eigenvalue weighted by Gasteiger charge is 2.24. The molecule has 1 aromatic carbocycles. The number of cyclic esters (lactones) is 1. The van der Waals surface area contributed by atoms with E-state index in [4.69, 9.17) is 14.2 Å². The molecule has 0 aliphatic carbocycles. The van der Waals surface area contributed by atoms with E-state index in [-0.39, 0.29) is 18.4 Å². The molecule has 3 heterocycles. The third-order valence-corrected chi connectivity index (χ3v) is 3.25. The standard InChI is InChI=1S/C16H10N2O4/c19-16-12(18-15(22-16)11-3-5-17-6-4-11)7-10-1-2-13-14(8-10)21-9-20-13/h1-8H,9H2. The van der Waals surface area contributed by atoms with Crippen LogP contribution in [0, 0.1) is 0 Å². The van der Waals surface area contributed by atoms with Gasteiger partial charge in [0.25, 0.3) is 0 Å². The number of hydrogen-bond acceptors (Lipinski definition) is 6. The van der Waals surface area contributed by atoms with E-state index >= 15 is 0 Å². The van der Waals surface area contributed by atoms with E-state index in [1.54, 1.807) is 42.7 Å². The quantitative estimate of drug-likeness (QED) is 0.627. The lowest BCUT2D eigenvalue weighted by molar-refractivity contribution is -0.129. The van der Waals surface area contributed by atoms with Crippen LogP contribution in [0.15, 0.2) is 53.4 Å². The van der Waals surface area contributed by atoms with Gasteiger partial charge in [-0.2, -0.15) is 0 Å². The Bertz CT molecular complexity index is 812. The van der Waals surface area contributed by atoms with Crippen LogP contribution in [0.25, 0.3) is 6.08 Å². The number of nitrogens with zero attached hydrogens (tertiary/aromatic N) is 2. The Labute approximate surface area is 125 Å². The predicted octanol–water partition coefficient (Wildman–Crippen LogP) is 2.15. The molecule has 2 aromatic rings.